The van der Waals surface area contributed by atoms with Crippen LogP contribution in [0.4, 0.5) is 0 Å². The van der Waals surface area contributed by atoms with Gasteiger partial charge < -0.3 is 5.32 Å². The highest BCUT2D eigenvalue weighted by Crippen LogP contribution is 2.24. The third-order valence-corrected chi connectivity index (χ3v) is 5.04. The Kier molecular flexibility index (Phi) is 5.33. The molecule has 1 aliphatic rings. The van der Waals surface area contributed by atoms with Crippen LogP contribution in [0.25, 0.3) is 0 Å². The fourth-order valence-electron chi connectivity index (χ4n) is 2.13. The summed E-state index contributed by atoms with van der Waals surface area (Å²) in [6, 6.07) is 6.01. The predicted molar refractivity (Wildman–Crippen MR) is 86.2 cm³/mol. The zero-order valence-corrected chi connectivity index (χ0v) is 14.3. The van der Waals surface area contributed by atoms with Crippen LogP contribution in [0, 0.1) is 3.57 Å². The minimum absolute atomic E-state index is 0.0127. The molecule has 2 rings (SSSR count). The number of benzene rings is 1. The van der Waals surface area contributed by atoms with Crippen LogP contribution in [0.2, 0.25) is 0 Å². The SMILES string of the molecule is O=C(NC1CCC(Cl)CC1)c1cc(Br)ccc1I. The monoisotopic (exact) mass is 441 g/mol. The summed E-state index contributed by atoms with van der Waals surface area (Å²) in [5.41, 5.74) is 0.734. The average molecular weight is 443 g/mol. The first kappa shape index (κ1) is 14.6. The molecule has 1 N–H and O–H groups in total. The number of alkyl halides is 1. The Hall–Kier alpha value is 0.190. The fraction of sp³-hybridized carbons (Fsp3) is 0.462. The van der Waals surface area contributed by atoms with Gasteiger partial charge in [0.25, 0.3) is 5.91 Å². The van der Waals surface area contributed by atoms with Gasteiger partial charge in [-0.3, -0.25) is 4.79 Å². The van der Waals surface area contributed by atoms with Crippen molar-refractivity contribution in [1.82, 2.24) is 5.32 Å². The van der Waals surface area contributed by atoms with Gasteiger partial charge in [0, 0.05) is 19.5 Å². The van der Waals surface area contributed by atoms with Crippen LogP contribution in [-0.4, -0.2) is 17.3 Å². The van der Waals surface area contributed by atoms with Gasteiger partial charge in [-0.05, 0) is 66.5 Å². The van der Waals surface area contributed by atoms with Crippen molar-refractivity contribution in [2.24, 2.45) is 0 Å². The molecule has 1 saturated carbocycles. The molecule has 0 aromatic heterocycles. The molecule has 0 bridgehead atoms. The molecular weight excluding hydrogens is 428 g/mol. The first-order valence-electron chi connectivity index (χ1n) is 5.96. The number of rotatable bonds is 2. The lowest BCUT2D eigenvalue weighted by Gasteiger charge is -2.26. The van der Waals surface area contributed by atoms with Crippen molar-refractivity contribution in [1.29, 1.82) is 0 Å². The summed E-state index contributed by atoms with van der Waals surface area (Å²) >= 11 is 11.6. The van der Waals surface area contributed by atoms with E-state index in [4.69, 9.17) is 11.6 Å². The van der Waals surface area contributed by atoms with E-state index in [2.05, 4.69) is 43.8 Å². The molecule has 0 spiro atoms. The molecule has 1 aromatic rings. The van der Waals surface area contributed by atoms with Crippen molar-refractivity contribution in [2.45, 2.75) is 37.1 Å². The maximum absolute atomic E-state index is 12.2. The highest BCUT2D eigenvalue weighted by atomic mass is 127. The van der Waals surface area contributed by atoms with Crippen LogP contribution in [0.1, 0.15) is 36.0 Å². The Morgan fingerprint density at radius 3 is 2.67 bits per heavy atom. The number of hydrogen-bond donors (Lipinski definition) is 1. The van der Waals surface area contributed by atoms with Gasteiger partial charge in [0.15, 0.2) is 0 Å². The summed E-state index contributed by atoms with van der Waals surface area (Å²) in [6.45, 7) is 0. The lowest BCUT2D eigenvalue weighted by molar-refractivity contribution is 0.0927. The lowest BCUT2D eigenvalue weighted by atomic mass is 9.95. The van der Waals surface area contributed by atoms with E-state index in [0.29, 0.717) is 0 Å². The minimum Gasteiger partial charge on any atom is -0.349 e. The van der Waals surface area contributed by atoms with E-state index in [-0.39, 0.29) is 17.3 Å². The Bertz CT molecular complexity index is 447. The quantitative estimate of drug-likeness (QED) is 0.536. The summed E-state index contributed by atoms with van der Waals surface area (Å²) in [5.74, 6) is 0.0127. The van der Waals surface area contributed by atoms with Crippen molar-refractivity contribution in [3.8, 4) is 0 Å². The molecule has 0 radical (unpaired) electrons. The zero-order chi connectivity index (χ0) is 13.1. The standard InChI is InChI=1S/C13H14BrClINO/c14-8-1-6-12(16)11(7-8)13(18)17-10-4-2-9(15)3-5-10/h1,6-7,9-10H,2-5H2,(H,17,18). The zero-order valence-electron chi connectivity index (χ0n) is 9.76. The first-order chi connectivity index (χ1) is 8.56. The molecule has 0 aliphatic heterocycles. The predicted octanol–water partition coefficient (Wildman–Crippen LogP) is 4.33. The molecule has 1 aromatic carbocycles. The average Bonchev–Trinajstić information content (AvgIpc) is 2.35. The summed E-state index contributed by atoms with van der Waals surface area (Å²) in [5, 5.41) is 3.38. The maximum Gasteiger partial charge on any atom is 0.252 e. The van der Waals surface area contributed by atoms with Crippen molar-refractivity contribution in [2.75, 3.05) is 0 Å². The fourth-order valence-corrected chi connectivity index (χ4v) is 3.33. The second-order valence-electron chi connectivity index (χ2n) is 4.55. The van der Waals surface area contributed by atoms with Gasteiger partial charge in [-0.15, -0.1) is 11.6 Å². The number of carbonyl (C=O) groups excluding carboxylic acids is 1. The topological polar surface area (TPSA) is 29.1 Å². The summed E-state index contributed by atoms with van der Waals surface area (Å²) < 4.78 is 1.90. The van der Waals surface area contributed by atoms with E-state index in [1.165, 1.54) is 0 Å². The van der Waals surface area contributed by atoms with Crippen LogP contribution in [-0.2, 0) is 0 Å². The van der Waals surface area contributed by atoms with Gasteiger partial charge in [-0.1, -0.05) is 15.9 Å². The van der Waals surface area contributed by atoms with Crippen LogP contribution in [0.15, 0.2) is 22.7 Å². The molecule has 0 saturated heterocycles. The Morgan fingerprint density at radius 1 is 1.33 bits per heavy atom. The second-order valence-corrected chi connectivity index (χ2v) is 7.24. The van der Waals surface area contributed by atoms with Gasteiger partial charge in [0.2, 0.25) is 0 Å². The van der Waals surface area contributed by atoms with Gasteiger partial charge in [0.05, 0.1) is 5.56 Å². The molecule has 98 valence electrons. The number of halogens is 3. The highest BCUT2D eigenvalue weighted by Gasteiger charge is 2.22. The third-order valence-electron chi connectivity index (χ3n) is 3.16. The van der Waals surface area contributed by atoms with Gasteiger partial charge in [-0.25, -0.2) is 0 Å². The van der Waals surface area contributed by atoms with Crippen molar-refractivity contribution in [3.05, 3.63) is 31.8 Å². The summed E-state index contributed by atoms with van der Waals surface area (Å²) in [7, 11) is 0. The first-order valence-corrected chi connectivity index (χ1v) is 8.27. The van der Waals surface area contributed by atoms with E-state index in [0.717, 1.165) is 39.3 Å². The Labute approximate surface area is 134 Å². The van der Waals surface area contributed by atoms with Gasteiger partial charge >= 0.3 is 0 Å². The van der Waals surface area contributed by atoms with Crippen molar-refractivity contribution >= 4 is 56.0 Å². The number of hydrogen-bond acceptors (Lipinski definition) is 1. The number of carbonyl (C=O) groups is 1. The van der Waals surface area contributed by atoms with E-state index in [9.17, 15) is 4.79 Å². The molecule has 0 heterocycles. The number of amides is 1. The molecule has 18 heavy (non-hydrogen) atoms. The molecule has 0 unspecified atom stereocenters. The van der Waals surface area contributed by atoms with Crippen LogP contribution in [0.3, 0.4) is 0 Å². The molecule has 1 aliphatic carbocycles. The molecule has 2 nitrogen and oxygen atoms in total. The van der Waals surface area contributed by atoms with Gasteiger partial charge in [-0.2, -0.15) is 0 Å². The number of nitrogens with one attached hydrogen (secondary N) is 1. The molecular formula is C13H14BrClINO. The van der Waals surface area contributed by atoms with E-state index in [1.54, 1.807) is 0 Å². The van der Waals surface area contributed by atoms with Crippen molar-refractivity contribution in [3.63, 3.8) is 0 Å². The van der Waals surface area contributed by atoms with Crippen molar-refractivity contribution < 1.29 is 4.79 Å². The van der Waals surface area contributed by atoms with E-state index in [1.807, 2.05) is 18.2 Å². The Balaban J connectivity index is 2.01. The smallest absolute Gasteiger partial charge is 0.252 e. The second kappa shape index (κ2) is 6.57. The van der Waals surface area contributed by atoms with Crippen LogP contribution in [0.5, 0.6) is 0 Å². The van der Waals surface area contributed by atoms with E-state index >= 15 is 0 Å². The summed E-state index contributed by atoms with van der Waals surface area (Å²) in [4.78, 5) is 12.2. The molecule has 1 amide bonds. The highest BCUT2D eigenvalue weighted by molar-refractivity contribution is 14.1. The molecule has 0 atom stereocenters. The maximum atomic E-state index is 12.2. The molecule has 1 fully saturated rings. The van der Waals surface area contributed by atoms with Gasteiger partial charge in [0.1, 0.15) is 0 Å². The van der Waals surface area contributed by atoms with Crippen LogP contribution >= 0.6 is 50.1 Å². The Morgan fingerprint density at radius 2 is 2.00 bits per heavy atom. The van der Waals surface area contributed by atoms with Crippen LogP contribution < -0.4 is 5.32 Å². The van der Waals surface area contributed by atoms with E-state index < -0.39 is 0 Å². The molecule has 5 heteroatoms. The largest absolute Gasteiger partial charge is 0.349 e. The summed E-state index contributed by atoms with van der Waals surface area (Å²) in [6.07, 6.45) is 3.93. The normalized spacial score (nSPS) is 23.7. The minimum atomic E-state index is 0.0127. The third kappa shape index (κ3) is 3.84. The lowest BCUT2D eigenvalue weighted by Crippen LogP contribution is -2.38.